The number of hydrogen-bond donors (Lipinski definition) is 0. The van der Waals surface area contributed by atoms with Gasteiger partial charge in [0.2, 0.25) is 0 Å². The average Bonchev–Trinajstić information content (AvgIpc) is 2.51. The van der Waals surface area contributed by atoms with Crippen LogP contribution >= 0.6 is 0 Å². The summed E-state index contributed by atoms with van der Waals surface area (Å²) in [6.45, 7) is 6.34. The highest BCUT2D eigenvalue weighted by molar-refractivity contribution is 5.70. The predicted molar refractivity (Wildman–Crippen MR) is 92.9 cm³/mol. The maximum atomic E-state index is 2.29. The zero-order chi connectivity index (χ0) is 15.1. The second-order valence-electron chi connectivity index (χ2n) is 5.04. The fraction of sp³-hybridized carbons (Fsp3) is 0.200. The molecule has 0 spiro atoms. The lowest BCUT2D eigenvalue weighted by atomic mass is 10.1. The summed E-state index contributed by atoms with van der Waals surface area (Å²) < 4.78 is 0. The van der Waals surface area contributed by atoms with Crippen LogP contribution in [0.3, 0.4) is 0 Å². The zero-order valence-electron chi connectivity index (χ0n) is 13.1. The molecule has 0 radical (unpaired) electrons. The quantitative estimate of drug-likeness (QED) is 0.605. The molecule has 0 atom stereocenters. The molecule has 2 aromatic rings. The van der Waals surface area contributed by atoms with E-state index in [9.17, 15) is 0 Å². The molecular formula is C20H23N. The topological polar surface area (TPSA) is 3.24 Å². The number of hydrogen-bond acceptors (Lipinski definition) is 1. The van der Waals surface area contributed by atoms with E-state index in [2.05, 4.69) is 98.5 Å². The molecule has 1 heteroatoms. The van der Waals surface area contributed by atoms with Gasteiger partial charge in [-0.2, -0.15) is 0 Å². The molecule has 0 saturated carbocycles. The Hall–Kier alpha value is -2.28. The lowest BCUT2D eigenvalue weighted by Gasteiger charge is -2.26. The summed E-state index contributed by atoms with van der Waals surface area (Å²) in [5.41, 5.74) is 4.85. The van der Waals surface area contributed by atoms with Crippen LogP contribution in [0.25, 0.3) is 0 Å². The lowest BCUT2D eigenvalue weighted by molar-refractivity contribution is 1.13. The van der Waals surface area contributed by atoms with E-state index >= 15 is 0 Å². The van der Waals surface area contributed by atoms with Crippen molar-refractivity contribution < 1.29 is 0 Å². The van der Waals surface area contributed by atoms with Crippen LogP contribution in [0.2, 0.25) is 0 Å². The predicted octanol–water partition coefficient (Wildman–Crippen LogP) is 6.00. The normalized spacial score (nSPS) is 11.9. The van der Waals surface area contributed by atoms with E-state index in [1.807, 2.05) is 0 Å². The van der Waals surface area contributed by atoms with Gasteiger partial charge in [-0.25, -0.2) is 0 Å². The molecule has 0 aliphatic carbocycles. The summed E-state index contributed by atoms with van der Waals surface area (Å²) in [6.07, 6.45) is 7.52. The van der Waals surface area contributed by atoms with Gasteiger partial charge < -0.3 is 4.90 Å². The molecule has 0 aliphatic rings. The Balaban J connectivity index is 2.53. The highest BCUT2D eigenvalue weighted by Gasteiger charge is 2.11. The van der Waals surface area contributed by atoms with E-state index in [1.54, 1.807) is 0 Å². The van der Waals surface area contributed by atoms with Crippen molar-refractivity contribution in [3.63, 3.8) is 0 Å². The minimum atomic E-state index is 1.01. The minimum Gasteiger partial charge on any atom is -0.311 e. The van der Waals surface area contributed by atoms with Crippen LogP contribution < -0.4 is 4.90 Å². The molecule has 21 heavy (non-hydrogen) atoms. The number of rotatable bonds is 5. The summed E-state index contributed by atoms with van der Waals surface area (Å²) >= 11 is 0. The summed E-state index contributed by atoms with van der Waals surface area (Å²) in [7, 11) is 0. The molecule has 0 aromatic heterocycles. The Morgan fingerprint density at radius 1 is 0.952 bits per heavy atom. The molecule has 0 saturated heterocycles. The van der Waals surface area contributed by atoms with E-state index < -0.39 is 0 Å². The van der Waals surface area contributed by atoms with E-state index in [-0.39, 0.29) is 0 Å². The van der Waals surface area contributed by atoms with Crippen LogP contribution in [0.5, 0.6) is 0 Å². The number of aryl methyl sites for hydroxylation is 1. The van der Waals surface area contributed by atoms with Crippen LogP contribution in [0.4, 0.5) is 11.4 Å². The molecule has 0 unspecified atom stereocenters. The SMILES string of the molecule is C/C=C\C(=C/CC)N(c1ccccc1)c1ccc(C)cc1. The number of benzene rings is 2. The van der Waals surface area contributed by atoms with Crippen molar-refractivity contribution in [3.8, 4) is 0 Å². The maximum Gasteiger partial charge on any atom is 0.0461 e. The fourth-order valence-electron chi connectivity index (χ4n) is 2.33. The van der Waals surface area contributed by atoms with E-state index in [0.29, 0.717) is 0 Å². The molecule has 108 valence electrons. The molecule has 0 fully saturated rings. The van der Waals surface area contributed by atoms with Crippen molar-refractivity contribution >= 4 is 11.4 Å². The van der Waals surface area contributed by atoms with E-state index in [4.69, 9.17) is 0 Å². The summed E-state index contributed by atoms with van der Waals surface area (Å²) in [5.74, 6) is 0. The molecule has 0 amide bonds. The molecule has 2 rings (SSSR count). The molecule has 0 heterocycles. The first-order valence-corrected chi connectivity index (χ1v) is 7.51. The fourth-order valence-corrected chi connectivity index (χ4v) is 2.33. The Labute approximate surface area is 128 Å². The summed E-state index contributed by atoms with van der Waals surface area (Å²) in [5, 5.41) is 0. The Bertz CT molecular complexity index is 606. The molecule has 0 bridgehead atoms. The highest BCUT2D eigenvalue weighted by atomic mass is 15.1. The van der Waals surface area contributed by atoms with Crippen LogP contribution in [0.1, 0.15) is 25.8 Å². The first-order chi connectivity index (χ1) is 10.3. The van der Waals surface area contributed by atoms with Crippen molar-refractivity contribution in [2.45, 2.75) is 27.2 Å². The van der Waals surface area contributed by atoms with E-state index in [0.717, 1.165) is 6.42 Å². The first kappa shape index (κ1) is 15.1. The van der Waals surface area contributed by atoms with Gasteiger partial charge in [0, 0.05) is 17.1 Å². The van der Waals surface area contributed by atoms with Gasteiger partial charge in [0.25, 0.3) is 0 Å². The molecule has 0 N–H and O–H groups in total. The molecule has 2 aromatic carbocycles. The van der Waals surface area contributed by atoms with Gasteiger partial charge in [-0.3, -0.25) is 0 Å². The first-order valence-electron chi connectivity index (χ1n) is 7.51. The Morgan fingerprint density at radius 2 is 1.57 bits per heavy atom. The van der Waals surface area contributed by atoms with Crippen LogP contribution in [0.15, 0.2) is 78.5 Å². The Kier molecular flexibility index (Phi) is 5.39. The van der Waals surface area contributed by atoms with Gasteiger partial charge in [0.1, 0.15) is 0 Å². The smallest absolute Gasteiger partial charge is 0.0461 e. The number of anilines is 2. The lowest BCUT2D eigenvalue weighted by Crippen LogP contribution is -2.15. The molecule has 0 aliphatic heterocycles. The number of nitrogens with zero attached hydrogens (tertiary/aromatic N) is 1. The van der Waals surface area contributed by atoms with Gasteiger partial charge in [-0.05, 0) is 50.6 Å². The van der Waals surface area contributed by atoms with Crippen molar-refractivity contribution in [2.75, 3.05) is 4.90 Å². The van der Waals surface area contributed by atoms with Gasteiger partial charge in [-0.15, -0.1) is 0 Å². The maximum absolute atomic E-state index is 2.29. The minimum absolute atomic E-state index is 1.01. The Morgan fingerprint density at radius 3 is 2.14 bits per heavy atom. The average molecular weight is 277 g/mol. The van der Waals surface area contributed by atoms with Gasteiger partial charge >= 0.3 is 0 Å². The summed E-state index contributed by atoms with van der Waals surface area (Å²) in [6, 6.07) is 19.2. The third-order valence-electron chi connectivity index (χ3n) is 3.32. The number of allylic oxidation sites excluding steroid dienone is 3. The summed E-state index contributed by atoms with van der Waals surface area (Å²) in [4.78, 5) is 2.29. The zero-order valence-corrected chi connectivity index (χ0v) is 13.1. The second-order valence-corrected chi connectivity index (χ2v) is 5.04. The van der Waals surface area contributed by atoms with Crippen LogP contribution in [-0.2, 0) is 0 Å². The van der Waals surface area contributed by atoms with Crippen molar-refractivity contribution in [3.05, 3.63) is 84.1 Å². The van der Waals surface area contributed by atoms with Crippen LogP contribution in [-0.4, -0.2) is 0 Å². The van der Waals surface area contributed by atoms with Crippen molar-refractivity contribution in [1.29, 1.82) is 0 Å². The third-order valence-corrected chi connectivity index (χ3v) is 3.32. The van der Waals surface area contributed by atoms with Gasteiger partial charge in [-0.1, -0.05) is 55.0 Å². The second kappa shape index (κ2) is 7.49. The van der Waals surface area contributed by atoms with Crippen LogP contribution in [0, 0.1) is 6.92 Å². The third kappa shape index (κ3) is 3.85. The standard InChI is InChI=1S/C20H23N/c1-4-9-18(10-5-2)21(19-11-7-6-8-12-19)20-15-13-17(3)14-16-20/h4,6-16H,5H2,1-3H3/b9-4-,18-10+. The van der Waals surface area contributed by atoms with Crippen molar-refractivity contribution in [1.82, 2.24) is 0 Å². The number of para-hydroxylation sites is 1. The van der Waals surface area contributed by atoms with Gasteiger partial charge in [0.05, 0.1) is 0 Å². The molecular weight excluding hydrogens is 254 g/mol. The van der Waals surface area contributed by atoms with Gasteiger partial charge in [0.15, 0.2) is 0 Å². The molecule has 1 nitrogen and oxygen atoms in total. The largest absolute Gasteiger partial charge is 0.311 e. The monoisotopic (exact) mass is 277 g/mol. The van der Waals surface area contributed by atoms with Crippen molar-refractivity contribution in [2.24, 2.45) is 0 Å². The highest BCUT2D eigenvalue weighted by Crippen LogP contribution is 2.30. The van der Waals surface area contributed by atoms with E-state index in [1.165, 1.54) is 22.6 Å².